The number of ketones is 1. The normalized spacial score (nSPS) is 11.2. The number of carbonyl (C=O) groups is 1. The van der Waals surface area contributed by atoms with Crippen LogP contribution in [0.4, 0.5) is 0 Å². The van der Waals surface area contributed by atoms with Crippen molar-refractivity contribution in [2.24, 2.45) is 11.8 Å². The molecule has 0 fully saturated rings. The minimum absolute atomic E-state index is 0.446. The Hall–Kier alpha value is -0.330. The zero-order valence-electron chi connectivity index (χ0n) is 9.60. The minimum atomic E-state index is 0.446. The number of Topliss-reactive ketones (excluding diaryl/α,β-unsaturated/α-hetero) is 1. The SMILES string of the molecule is CCC(CC)CCC(=O)CC(C)C. The average molecular weight is 184 g/mol. The van der Waals surface area contributed by atoms with Gasteiger partial charge in [0.25, 0.3) is 0 Å². The molecule has 1 heteroatoms. The van der Waals surface area contributed by atoms with Gasteiger partial charge in [0.1, 0.15) is 5.78 Å². The van der Waals surface area contributed by atoms with Gasteiger partial charge in [0.05, 0.1) is 0 Å². The maximum atomic E-state index is 11.4. The fraction of sp³-hybridized carbons (Fsp3) is 0.917. The number of rotatable bonds is 7. The zero-order chi connectivity index (χ0) is 10.3. The molecule has 0 aliphatic heterocycles. The molecule has 0 amide bonds. The Morgan fingerprint density at radius 2 is 1.69 bits per heavy atom. The van der Waals surface area contributed by atoms with Crippen molar-refractivity contribution >= 4 is 5.78 Å². The molecule has 0 aliphatic carbocycles. The van der Waals surface area contributed by atoms with Crippen LogP contribution in [0.15, 0.2) is 0 Å². The predicted molar refractivity (Wildman–Crippen MR) is 57.8 cm³/mol. The Labute approximate surface area is 82.9 Å². The third-order valence-electron chi connectivity index (χ3n) is 2.62. The summed E-state index contributed by atoms with van der Waals surface area (Å²) in [6, 6.07) is 0. The predicted octanol–water partition coefficient (Wildman–Crippen LogP) is 3.82. The van der Waals surface area contributed by atoms with E-state index < -0.39 is 0 Å². The second-order valence-corrected chi connectivity index (χ2v) is 4.36. The highest BCUT2D eigenvalue weighted by Crippen LogP contribution is 2.16. The molecule has 0 heterocycles. The van der Waals surface area contributed by atoms with E-state index in [1.165, 1.54) is 12.8 Å². The Balaban J connectivity index is 3.56. The molecule has 0 saturated carbocycles. The lowest BCUT2D eigenvalue weighted by Gasteiger charge is -2.11. The first kappa shape index (κ1) is 12.7. The lowest BCUT2D eigenvalue weighted by Crippen LogP contribution is -2.06. The zero-order valence-corrected chi connectivity index (χ0v) is 9.60. The molecule has 0 radical (unpaired) electrons. The monoisotopic (exact) mass is 184 g/mol. The van der Waals surface area contributed by atoms with Gasteiger partial charge < -0.3 is 0 Å². The highest BCUT2D eigenvalue weighted by molar-refractivity contribution is 5.78. The molecule has 0 saturated heterocycles. The van der Waals surface area contributed by atoms with E-state index in [9.17, 15) is 4.79 Å². The van der Waals surface area contributed by atoms with E-state index >= 15 is 0 Å². The van der Waals surface area contributed by atoms with E-state index in [0.717, 1.165) is 25.2 Å². The third kappa shape index (κ3) is 6.80. The van der Waals surface area contributed by atoms with Gasteiger partial charge in [0, 0.05) is 12.8 Å². The molecule has 0 rings (SSSR count). The van der Waals surface area contributed by atoms with Crippen LogP contribution in [0.2, 0.25) is 0 Å². The molecule has 13 heavy (non-hydrogen) atoms. The quantitative estimate of drug-likeness (QED) is 0.588. The molecule has 1 nitrogen and oxygen atoms in total. The molecule has 0 aromatic carbocycles. The molecule has 78 valence electrons. The van der Waals surface area contributed by atoms with E-state index in [2.05, 4.69) is 27.7 Å². The van der Waals surface area contributed by atoms with Crippen LogP contribution < -0.4 is 0 Å². The summed E-state index contributed by atoms with van der Waals surface area (Å²) in [5.41, 5.74) is 0. The van der Waals surface area contributed by atoms with Gasteiger partial charge in [-0.3, -0.25) is 4.79 Å². The van der Waals surface area contributed by atoms with Crippen LogP contribution >= 0.6 is 0 Å². The summed E-state index contributed by atoms with van der Waals surface area (Å²) in [5.74, 6) is 1.73. The van der Waals surface area contributed by atoms with Gasteiger partial charge in [0.2, 0.25) is 0 Å². The standard InChI is InChI=1S/C12H24O/c1-5-11(6-2)7-8-12(13)9-10(3)4/h10-11H,5-9H2,1-4H3. The van der Waals surface area contributed by atoms with Gasteiger partial charge in [0.15, 0.2) is 0 Å². The number of hydrogen-bond acceptors (Lipinski definition) is 1. The van der Waals surface area contributed by atoms with Crippen LogP contribution in [0.3, 0.4) is 0 Å². The average Bonchev–Trinajstić information content (AvgIpc) is 2.05. The van der Waals surface area contributed by atoms with Crippen LogP contribution in [0.25, 0.3) is 0 Å². The van der Waals surface area contributed by atoms with E-state index in [4.69, 9.17) is 0 Å². The summed E-state index contributed by atoms with van der Waals surface area (Å²) >= 11 is 0. The van der Waals surface area contributed by atoms with E-state index in [1.807, 2.05) is 0 Å². The van der Waals surface area contributed by atoms with Crippen molar-refractivity contribution in [3.63, 3.8) is 0 Å². The van der Waals surface area contributed by atoms with Crippen molar-refractivity contribution in [3.05, 3.63) is 0 Å². The second kappa shape index (κ2) is 7.11. The summed E-state index contributed by atoms with van der Waals surface area (Å²) in [4.78, 5) is 11.4. The number of carbonyl (C=O) groups excluding carboxylic acids is 1. The van der Waals surface area contributed by atoms with Crippen molar-refractivity contribution in [2.75, 3.05) is 0 Å². The smallest absolute Gasteiger partial charge is 0.133 e. The molecule has 0 spiro atoms. The van der Waals surface area contributed by atoms with Crippen molar-refractivity contribution in [1.29, 1.82) is 0 Å². The first-order valence-corrected chi connectivity index (χ1v) is 5.61. The molecular formula is C12H24O. The van der Waals surface area contributed by atoms with E-state index in [-0.39, 0.29) is 0 Å². The van der Waals surface area contributed by atoms with Crippen LogP contribution in [-0.2, 0) is 4.79 Å². The van der Waals surface area contributed by atoms with Crippen molar-refractivity contribution in [3.8, 4) is 0 Å². The first-order chi connectivity index (χ1) is 6.10. The minimum Gasteiger partial charge on any atom is -0.300 e. The van der Waals surface area contributed by atoms with Gasteiger partial charge in [-0.1, -0.05) is 40.5 Å². The van der Waals surface area contributed by atoms with Crippen molar-refractivity contribution in [2.45, 2.75) is 59.8 Å². The second-order valence-electron chi connectivity index (χ2n) is 4.36. The fourth-order valence-electron chi connectivity index (χ4n) is 1.62. The maximum absolute atomic E-state index is 11.4. The Kier molecular flexibility index (Phi) is 6.93. The molecular weight excluding hydrogens is 160 g/mol. The lowest BCUT2D eigenvalue weighted by atomic mass is 9.94. The Bertz CT molecular complexity index is 134. The van der Waals surface area contributed by atoms with Gasteiger partial charge in [-0.25, -0.2) is 0 Å². The van der Waals surface area contributed by atoms with Crippen LogP contribution in [0, 0.1) is 11.8 Å². The van der Waals surface area contributed by atoms with Crippen molar-refractivity contribution in [1.82, 2.24) is 0 Å². The largest absolute Gasteiger partial charge is 0.300 e. The Morgan fingerprint density at radius 3 is 2.08 bits per heavy atom. The van der Waals surface area contributed by atoms with Crippen LogP contribution in [0.1, 0.15) is 59.8 Å². The molecule has 0 N–H and O–H groups in total. The highest BCUT2D eigenvalue weighted by atomic mass is 16.1. The summed E-state index contributed by atoms with van der Waals surface area (Å²) in [6.45, 7) is 8.63. The van der Waals surface area contributed by atoms with Gasteiger partial charge in [-0.05, 0) is 18.3 Å². The summed E-state index contributed by atoms with van der Waals surface area (Å²) in [6.07, 6.45) is 5.08. The molecule has 0 aromatic heterocycles. The van der Waals surface area contributed by atoms with E-state index in [0.29, 0.717) is 11.7 Å². The summed E-state index contributed by atoms with van der Waals surface area (Å²) < 4.78 is 0. The van der Waals surface area contributed by atoms with Crippen LogP contribution in [0.5, 0.6) is 0 Å². The molecule has 0 bridgehead atoms. The van der Waals surface area contributed by atoms with E-state index in [1.54, 1.807) is 0 Å². The third-order valence-corrected chi connectivity index (χ3v) is 2.62. The number of hydrogen-bond donors (Lipinski definition) is 0. The van der Waals surface area contributed by atoms with Gasteiger partial charge in [-0.2, -0.15) is 0 Å². The van der Waals surface area contributed by atoms with Gasteiger partial charge in [-0.15, -0.1) is 0 Å². The highest BCUT2D eigenvalue weighted by Gasteiger charge is 2.08. The van der Waals surface area contributed by atoms with Crippen LogP contribution in [-0.4, -0.2) is 5.78 Å². The molecule has 0 atom stereocenters. The summed E-state index contributed by atoms with van der Waals surface area (Å²) in [7, 11) is 0. The topological polar surface area (TPSA) is 17.1 Å². The first-order valence-electron chi connectivity index (χ1n) is 5.61. The fourth-order valence-corrected chi connectivity index (χ4v) is 1.62. The Morgan fingerprint density at radius 1 is 1.15 bits per heavy atom. The molecule has 0 aliphatic rings. The molecule has 0 aromatic rings. The van der Waals surface area contributed by atoms with Crippen molar-refractivity contribution < 1.29 is 4.79 Å². The maximum Gasteiger partial charge on any atom is 0.133 e. The molecule has 0 unspecified atom stereocenters. The van der Waals surface area contributed by atoms with Gasteiger partial charge >= 0.3 is 0 Å². The lowest BCUT2D eigenvalue weighted by molar-refractivity contribution is -0.120. The summed E-state index contributed by atoms with van der Waals surface area (Å²) in [5, 5.41) is 0.